The van der Waals surface area contributed by atoms with E-state index in [2.05, 4.69) is 5.32 Å². The van der Waals surface area contributed by atoms with Gasteiger partial charge in [-0.25, -0.2) is 0 Å². The van der Waals surface area contributed by atoms with E-state index in [-0.39, 0.29) is 24.9 Å². The monoisotopic (exact) mass is 246 g/mol. The highest BCUT2D eigenvalue weighted by Crippen LogP contribution is 1.93. The van der Waals surface area contributed by atoms with E-state index in [9.17, 15) is 9.59 Å². The Labute approximate surface area is 102 Å². The Bertz CT molecular complexity index is 246. The number of carboxylic acids is 1. The molecule has 100 valence electrons. The molecule has 0 radical (unpaired) electrons. The van der Waals surface area contributed by atoms with Crippen molar-refractivity contribution in [3.63, 3.8) is 0 Å². The molecule has 1 atom stereocenters. The average Bonchev–Trinajstić information content (AvgIpc) is 2.16. The van der Waals surface area contributed by atoms with E-state index in [0.717, 1.165) is 0 Å². The Morgan fingerprint density at radius 1 is 1.47 bits per heavy atom. The average molecular weight is 246 g/mol. The van der Waals surface area contributed by atoms with Gasteiger partial charge in [0.1, 0.15) is 0 Å². The van der Waals surface area contributed by atoms with E-state index in [0.29, 0.717) is 19.6 Å². The van der Waals surface area contributed by atoms with Crippen LogP contribution >= 0.6 is 0 Å². The van der Waals surface area contributed by atoms with Gasteiger partial charge in [0.2, 0.25) is 5.91 Å². The van der Waals surface area contributed by atoms with Gasteiger partial charge in [-0.1, -0.05) is 0 Å². The molecule has 0 bridgehead atoms. The third kappa shape index (κ3) is 9.77. The molecule has 0 aromatic rings. The highest BCUT2D eigenvalue weighted by molar-refractivity contribution is 5.78. The minimum Gasteiger partial charge on any atom is -0.481 e. The number of likely N-dealkylation sites (N-methyl/N-ethyl adjacent to an activating group) is 1. The lowest BCUT2D eigenvalue weighted by molar-refractivity contribution is -0.137. The standard InChI is InChI=1S/C11H22N2O4/c1-9(8-17-3)12-10(14)7-13(2)6-4-5-11(15)16/h9H,4-8H2,1-3H3,(H,12,14)(H,15,16). The number of carbonyl (C=O) groups excluding carboxylic acids is 1. The molecule has 0 aliphatic rings. The Morgan fingerprint density at radius 3 is 2.65 bits per heavy atom. The van der Waals surface area contributed by atoms with E-state index in [1.807, 2.05) is 6.92 Å². The van der Waals surface area contributed by atoms with E-state index in [1.54, 1.807) is 19.1 Å². The normalized spacial score (nSPS) is 12.5. The van der Waals surface area contributed by atoms with Crippen molar-refractivity contribution in [3.05, 3.63) is 0 Å². The van der Waals surface area contributed by atoms with Crippen molar-refractivity contribution in [2.45, 2.75) is 25.8 Å². The fourth-order valence-electron chi connectivity index (χ4n) is 1.44. The zero-order valence-electron chi connectivity index (χ0n) is 10.7. The molecule has 0 aliphatic carbocycles. The SMILES string of the molecule is COCC(C)NC(=O)CN(C)CCCC(=O)O. The molecule has 0 heterocycles. The Morgan fingerprint density at radius 2 is 2.12 bits per heavy atom. The fourth-order valence-corrected chi connectivity index (χ4v) is 1.44. The van der Waals surface area contributed by atoms with Gasteiger partial charge in [0.15, 0.2) is 0 Å². The summed E-state index contributed by atoms with van der Waals surface area (Å²) in [6.45, 7) is 3.21. The highest BCUT2D eigenvalue weighted by Gasteiger charge is 2.09. The van der Waals surface area contributed by atoms with Crippen molar-refractivity contribution in [1.82, 2.24) is 10.2 Å². The van der Waals surface area contributed by atoms with Crippen LogP contribution in [0.2, 0.25) is 0 Å². The molecule has 0 saturated carbocycles. The molecule has 0 spiro atoms. The van der Waals surface area contributed by atoms with Crippen LogP contribution in [0.5, 0.6) is 0 Å². The first-order chi connectivity index (χ1) is 7.95. The number of ether oxygens (including phenoxy) is 1. The second-order valence-electron chi connectivity index (χ2n) is 4.16. The van der Waals surface area contributed by atoms with Crippen LogP contribution in [0, 0.1) is 0 Å². The molecule has 0 aromatic heterocycles. The van der Waals surface area contributed by atoms with Crippen LogP contribution in [0.25, 0.3) is 0 Å². The number of hydrogen-bond donors (Lipinski definition) is 2. The predicted octanol–water partition coefficient (Wildman–Crippen LogP) is -0.0659. The van der Waals surface area contributed by atoms with Gasteiger partial charge in [0, 0.05) is 19.6 Å². The summed E-state index contributed by atoms with van der Waals surface area (Å²) in [5, 5.41) is 11.3. The van der Waals surface area contributed by atoms with Gasteiger partial charge >= 0.3 is 5.97 Å². The predicted molar refractivity (Wildman–Crippen MR) is 63.8 cm³/mol. The van der Waals surface area contributed by atoms with Crippen LogP contribution in [0.1, 0.15) is 19.8 Å². The molecule has 0 saturated heterocycles. The van der Waals surface area contributed by atoms with Crippen LogP contribution < -0.4 is 5.32 Å². The van der Waals surface area contributed by atoms with Crippen LogP contribution in [0.3, 0.4) is 0 Å². The maximum absolute atomic E-state index is 11.5. The van der Waals surface area contributed by atoms with Gasteiger partial charge in [0.25, 0.3) is 0 Å². The molecule has 2 N–H and O–H groups in total. The van der Waals surface area contributed by atoms with Gasteiger partial charge in [-0.3, -0.25) is 14.5 Å². The summed E-state index contributed by atoms with van der Waals surface area (Å²) in [6.07, 6.45) is 0.679. The molecule has 0 fully saturated rings. The Kier molecular flexibility index (Phi) is 8.35. The topological polar surface area (TPSA) is 78.9 Å². The fraction of sp³-hybridized carbons (Fsp3) is 0.818. The Balaban J connectivity index is 3.68. The molecular weight excluding hydrogens is 224 g/mol. The lowest BCUT2D eigenvalue weighted by Gasteiger charge is -2.18. The summed E-state index contributed by atoms with van der Waals surface area (Å²) >= 11 is 0. The molecular formula is C11H22N2O4. The second-order valence-corrected chi connectivity index (χ2v) is 4.16. The van der Waals surface area contributed by atoms with Crippen LogP contribution in [0.15, 0.2) is 0 Å². The van der Waals surface area contributed by atoms with Crippen molar-refractivity contribution < 1.29 is 19.4 Å². The lowest BCUT2D eigenvalue weighted by Crippen LogP contribution is -2.41. The zero-order valence-corrected chi connectivity index (χ0v) is 10.7. The summed E-state index contributed by atoms with van der Waals surface area (Å²) < 4.78 is 4.91. The van der Waals surface area contributed by atoms with Gasteiger partial charge < -0.3 is 15.2 Å². The van der Waals surface area contributed by atoms with Gasteiger partial charge in [-0.15, -0.1) is 0 Å². The quantitative estimate of drug-likeness (QED) is 0.595. The van der Waals surface area contributed by atoms with E-state index in [4.69, 9.17) is 9.84 Å². The third-order valence-electron chi connectivity index (χ3n) is 2.17. The number of rotatable bonds is 9. The number of nitrogens with zero attached hydrogens (tertiary/aromatic N) is 1. The van der Waals surface area contributed by atoms with Crippen molar-refractivity contribution >= 4 is 11.9 Å². The van der Waals surface area contributed by atoms with Gasteiger partial charge in [-0.2, -0.15) is 0 Å². The largest absolute Gasteiger partial charge is 0.481 e. The molecule has 6 nitrogen and oxygen atoms in total. The minimum atomic E-state index is -0.809. The number of carboxylic acid groups (broad SMARTS) is 1. The van der Waals surface area contributed by atoms with Crippen molar-refractivity contribution in [3.8, 4) is 0 Å². The Hall–Kier alpha value is -1.14. The molecule has 0 aromatic carbocycles. The molecule has 1 unspecified atom stereocenters. The maximum atomic E-state index is 11.5. The lowest BCUT2D eigenvalue weighted by atomic mass is 10.3. The molecule has 6 heteroatoms. The molecule has 1 amide bonds. The second kappa shape index (κ2) is 8.95. The maximum Gasteiger partial charge on any atom is 0.303 e. The van der Waals surface area contributed by atoms with Crippen LogP contribution in [-0.4, -0.2) is 61.8 Å². The molecule has 0 aliphatic heterocycles. The summed E-state index contributed by atoms with van der Waals surface area (Å²) in [6, 6.07) is -0.0140. The summed E-state index contributed by atoms with van der Waals surface area (Å²) in [5.74, 6) is -0.885. The number of aliphatic carboxylic acids is 1. The number of carbonyl (C=O) groups is 2. The number of methoxy groups -OCH3 is 1. The van der Waals surface area contributed by atoms with Crippen LogP contribution in [0.4, 0.5) is 0 Å². The van der Waals surface area contributed by atoms with Gasteiger partial charge in [-0.05, 0) is 26.9 Å². The van der Waals surface area contributed by atoms with Gasteiger partial charge in [0.05, 0.1) is 13.2 Å². The zero-order chi connectivity index (χ0) is 13.3. The van der Waals surface area contributed by atoms with Crippen molar-refractivity contribution in [2.24, 2.45) is 0 Å². The first-order valence-corrected chi connectivity index (χ1v) is 5.64. The summed E-state index contributed by atoms with van der Waals surface area (Å²) in [7, 11) is 3.38. The summed E-state index contributed by atoms with van der Waals surface area (Å²) in [5.41, 5.74) is 0. The first kappa shape index (κ1) is 15.9. The van der Waals surface area contributed by atoms with E-state index in [1.165, 1.54) is 0 Å². The number of nitrogens with one attached hydrogen (secondary N) is 1. The van der Waals surface area contributed by atoms with Crippen molar-refractivity contribution in [1.29, 1.82) is 0 Å². The highest BCUT2D eigenvalue weighted by atomic mass is 16.5. The van der Waals surface area contributed by atoms with Crippen molar-refractivity contribution in [2.75, 3.05) is 33.9 Å². The van der Waals surface area contributed by atoms with Crippen LogP contribution in [-0.2, 0) is 14.3 Å². The number of hydrogen-bond acceptors (Lipinski definition) is 4. The smallest absolute Gasteiger partial charge is 0.303 e. The first-order valence-electron chi connectivity index (χ1n) is 5.64. The molecule has 17 heavy (non-hydrogen) atoms. The number of amides is 1. The van der Waals surface area contributed by atoms with E-state index >= 15 is 0 Å². The van der Waals surface area contributed by atoms with E-state index < -0.39 is 5.97 Å². The minimum absolute atomic E-state index is 0.0140. The third-order valence-corrected chi connectivity index (χ3v) is 2.17. The summed E-state index contributed by atoms with van der Waals surface area (Å²) in [4.78, 5) is 23.6. The molecule has 0 rings (SSSR count).